The third kappa shape index (κ3) is 3.43. The van der Waals surface area contributed by atoms with Crippen LogP contribution in [0.15, 0.2) is 6.20 Å². The van der Waals surface area contributed by atoms with Gasteiger partial charge in [-0.2, -0.15) is 11.8 Å². The van der Waals surface area contributed by atoms with Gasteiger partial charge in [0.05, 0.1) is 29.6 Å². The van der Waals surface area contributed by atoms with E-state index < -0.39 is 0 Å². The van der Waals surface area contributed by atoms with Crippen molar-refractivity contribution in [1.29, 1.82) is 0 Å². The first-order chi connectivity index (χ1) is 10.2. The average Bonchev–Trinajstić information content (AvgIpc) is 2.98. The van der Waals surface area contributed by atoms with Gasteiger partial charge in [-0.1, -0.05) is 18.6 Å². The monoisotopic (exact) mass is 310 g/mol. The molecule has 2 fully saturated rings. The van der Waals surface area contributed by atoms with E-state index in [2.05, 4.69) is 23.4 Å². The Morgan fingerprint density at radius 1 is 1.52 bits per heavy atom. The van der Waals surface area contributed by atoms with E-state index in [0.29, 0.717) is 6.04 Å². The van der Waals surface area contributed by atoms with Crippen LogP contribution < -0.4 is 5.73 Å². The van der Waals surface area contributed by atoms with Crippen LogP contribution in [-0.4, -0.2) is 38.7 Å². The van der Waals surface area contributed by atoms with E-state index >= 15 is 0 Å². The van der Waals surface area contributed by atoms with Crippen molar-refractivity contribution in [3.8, 4) is 0 Å². The summed E-state index contributed by atoms with van der Waals surface area (Å²) in [5.41, 5.74) is 7.16. The standard InChI is InChI=1S/C15H26N4OS/c1-2-3-13(16)14-11-19(18-17-14)12-4-7-20-15(10-12)5-8-21-9-6-15/h11-13H,2-10,16H2,1H3. The highest BCUT2D eigenvalue weighted by molar-refractivity contribution is 7.99. The number of thioether (sulfide) groups is 1. The molecule has 118 valence electrons. The normalized spacial score (nSPS) is 26.9. The van der Waals surface area contributed by atoms with Crippen molar-refractivity contribution < 1.29 is 4.74 Å². The summed E-state index contributed by atoms with van der Waals surface area (Å²) in [6.45, 7) is 2.99. The van der Waals surface area contributed by atoms with E-state index in [-0.39, 0.29) is 11.6 Å². The quantitative estimate of drug-likeness (QED) is 0.926. The van der Waals surface area contributed by atoms with Gasteiger partial charge in [0.1, 0.15) is 0 Å². The van der Waals surface area contributed by atoms with Gasteiger partial charge in [-0.05, 0) is 43.6 Å². The maximum atomic E-state index is 6.15. The van der Waals surface area contributed by atoms with Gasteiger partial charge in [0.15, 0.2) is 0 Å². The number of aromatic nitrogens is 3. The molecule has 0 saturated carbocycles. The lowest BCUT2D eigenvalue weighted by Crippen LogP contribution is -2.43. The third-order valence-corrected chi connectivity index (χ3v) is 5.74. The molecule has 1 aromatic heterocycles. The molecular weight excluding hydrogens is 284 g/mol. The summed E-state index contributed by atoms with van der Waals surface area (Å²) in [5, 5.41) is 8.63. The zero-order valence-corrected chi connectivity index (χ0v) is 13.6. The van der Waals surface area contributed by atoms with E-state index in [9.17, 15) is 0 Å². The molecule has 21 heavy (non-hydrogen) atoms. The van der Waals surface area contributed by atoms with E-state index in [1.54, 1.807) is 0 Å². The van der Waals surface area contributed by atoms with Gasteiger partial charge in [-0.3, -0.25) is 0 Å². The summed E-state index contributed by atoms with van der Waals surface area (Å²) < 4.78 is 8.19. The van der Waals surface area contributed by atoms with Crippen molar-refractivity contribution in [2.45, 2.75) is 63.1 Å². The molecule has 2 unspecified atom stereocenters. The Balaban J connectivity index is 1.68. The van der Waals surface area contributed by atoms with Gasteiger partial charge in [-0.25, -0.2) is 4.68 Å². The Hall–Kier alpha value is -0.590. The van der Waals surface area contributed by atoms with Gasteiger partial charge < -0.3 is 10.5 Å². The lowest BCUT2D eigenvalue weighted by atomic mass is 9.85. The number of hydrogen-bond donors (Lipinski definition) is 1. The molecule has 0 aliphatic carbocycles. The molecule has 2 saturated heterocycles. The molecule has 2 N–H and O–H groups in total. The maximum absolute atomic E-state index is 6.15. The van der Waals surface area contributed by atoms with Gasteiger partial charge in [0.25, 0.3) is 0 Å². The zero-order chi connectivity index (χ0) is 14.7. The molecule has 1 aromatic rings. The summed E-state index contributed by atoms with van der Waals surface area (Å²) in [5.74, 6) is 2.44. The minimum atomic E-state index is 0.0173. The van der Waals surface area contributed by atoms with E-state index in [4.69, 9.17) is 10.5 Å². The summed E-state index contributed by atoms with van der Waals surface area (Å²) in [7, 11) is 0. The van der Waals surface area contributed by atoms with Gasteiger partial charge in [0, 0.05) is 6.61 Å². The molecule has 3 rings (SSSR count). The maximum Gasteiger partial charge on any atom is 0.0994 e. The highest BCUT2D eigenvalue weighted by atomic mass is 32.2. The Morgan fingerprint density at radius 3 is 3.10 bits per heavy atom. The predicted octanol–water partition coefficient (Wildman–Crippen LogP) is 2.70. The second-order valence-corrected chi connectivity index (χ2v) is 7.53. The van der Waals surface area contributed by atoms with Crippen molar-refractivity contribution in [1.82, 2.24) is 15.0 Å². The molecule has 2 aliphatic heterocycles. The highest BCUT2D eigenvalue weighted by Gasteiger charge is 2.39. The molecule has 5 nitrogen and oxygen atoms in total. The fourth-order valence-electron chi connectivity index (χ4n) is 3.42. The summed E-state index contributed by atoms with van der Waals surface area (Å²) >= 11 is 2.04. The molecular formula is C15H26N4OS. The van der Waals surface area contributed by atoms with Crippen molar-refractivity contribution in [2.75, 3.05) is 18.1 Å². The first-order valence-corrected chi connectivity index (χ1v) is 9.27. The molecule has 0 amide bonds. The summed E-state index contributed by atoms with van der Waals surface area (Å²) in [6, 6.07) is 0.431. The van der Waals surface area contributed by atoms with Crippen LogP contribution in [0.4, 0.5) is 0 Å². The minimum absolute atomic E-state index is 0.0173. The summed E-state index contributed by atoms with van der Waals surface area (Å²) in [6.07, 6.45) is 8.54. The van der Waals surface area contributed by atoms with E-state index in [1.165, 1.54) is 24.3 Å². The van der Waals surface area contributed by atoms with Crippen LogP contribution in [0, 0.1) is 0 Å². The van der Waals surface area contributed by atoms with Crippen molar-refractivity contribution in [2.24, 2.45) is 5.73 Å². The van der Waals surface area contributed by atoms with Gasteiger partial charge >= 0.3 is 0 Å². The topological polar surface area (TPSA) is 66.0 Å². The Morgan fingerprint density at radius 2 is 2.33 bits per heavy atom. The Bertz CT molecular complexity index is 453. The van der Waals surface area contributed by atoms with Crippen LogP contribution in [0.3, 0.4) is 0 Å². The van der Waals surface area contributed by atoms with Gasteiger partial charge in [-0.15, -0.1) is 5.10 Å². The number of hydrogen-bond acceptors (Lipinski definition) is 5. The third-order valence-electron chi connectivity index (χ3n) is 4.75. The second-order valence-electron chi connectivity index (χ2n) is 6.31. The lowest BCUT2D eigenvalue weighted by molar-refractivity contribution is -0.100. The summed E-state index contributed by atoms with van der Waals surface area (Å²) in [4.78, 5) is 0. The molecule has 2 aliphatic rings. The SMILES string of the molecule is CCCC(N)c1cn(C2CCOC3(CCSCC3)C2)nn1. The molecule has 6 heteroatoms. The van der Waals surface area contributed by atoms with E-state index in [1.807, 2.05) is 16.4 Å². The molecule has 2 atom stereocenters. The number of nitrogens with two attached hydrogens (primary N) is 1. The minimum Gasteiger partial charge on any atom is -0.375 e. The molecule has 3 heterocycles. The molecule has 0 aromatic carbocycles. The highest BCUT2D eigenvalue weighted by Crippen LogP contribution is 2.41. The number of rotatable bonds is 4. The molecule has 0 radical (unpaired) electrons. The number of ether oxygens (including phenoxy) is 1. The first-order valence-electron chi connectivity index (χ1n) is 8.11. The van der Waals surface area contributed by atoms with E-state index in [0.717, 1.165) is 38.0 Å². The van der Waals surface area contributed by atoms with Crippen LogP contribution in [0.2, 0.25) is 0 Å². The second kappa shape index (κ2) is 6.67. The fraction of sp³-hybridized carbons (Fsp3) is 0.867. The first kappa shape index (κ1) is 15.3. The molecule has 0 bridgehead atoms. The van der Waals surface area contributed by atoms with Crippen LogP contribution in [0.25, 0.3) is 0 Å². The Labute approximate surface area is 131 Å². The van der Waals surface area contributed by atoms with Crippen LogP contribution >= 0.6 is 11.8 Å². The number of nitrogens with zero attached hydrogens (tertiary/aromatic N) is 3. The van der Waals surface area contributed by atoms with Gasteiger partial charge in [0.2, 0.25) is 0 Å². The van der Waals surface area contributed by atoms with Crippen molar-refractivity contribution >= 4 is 11.8 Å². The average molecular weight is 310 g/mol. The smallest absolute Gasteiger partial charge is 0.0994 e. The van der Waals surface area contributed by atoms with Crippen molar-refractivity contribution in [3.63, 3.8) is 0 Å². The largest absolute Gasteiger partial charge is 0.375 e. The zero-order valence-electron chi connectivity index (χ0n) is 12.8. The predicted molar refractivity (Wildman–Crippen MR) is 85.4 cm³/mol. The molecule has 1 spiro atoms. The van der Waals surface area contributed by atoms with Crippen LogP contribution in [-0.2, 0) is 4.74 Å². The van der Waals surface area contributed by atoms with Crippen LogP contribution in [0.1, 0.15) is 63.2 Å². The van der Waals surface area contributed by atoms with Crippen LogP contribution in [0.5, 0.6) is 0 Å². The fourth-order valence-corrected chi connectivity index (χ4v) is 4.65. The Kier molecular flexibility index (Phi) is 4.86. The lowest BCUT2D eigenvalue weighted by Gasteiger charge is -2.43. The van der Waals surface area contributed by atoms with Crippen molar-refractivity contribution in [3.05, 3.63) is 11.9 Å².